The number of aromatic nitrogens is 4. The number of nitrogen functional groups attached to an aromatic ring is 1. The fourth-order valence-electron chi connectivity index (χ4n) is 6.53. The topological polar surface area (TPSA) is 144 Å². The van der Waals surface area contributed by atoms with E-state index in [-0.39, 0.29) is 36.3 Å². The number of benzene rings is 3. The molecule has 54 heavy (non-hydrogen) atoms. The fourth-order valence-corrected chi connectivity index (χ4v) is 6.53. The van der Waals surface area contributed by atoms with E-state index in [9.17, 15) is 23.1 Å². The number of ether oxygens (including phenoxy) is 2. The number of fused-ring (bicyclic) bond motifs is 2. The third kappa shape index (κ3) is 7.93. The molecule has 12 nitrogen and oxygen atoms in total. The van der Waals surface area contributed by atoms with Gasteiger partial charge in [-0.05, 0) is 66.6 Å². The van der Waals surface area contributed by atoms with Crippen LogP contribution in [0.15, 0.2) is 72.0 Å². The van der Waals surface area contributed by atoms with Gasteiger partial charge in [-0.3, -0.25) is 9.79 Å². The van der Waals surface area contributed by atoms with Gasteiger partial charge in [0, 0.05) is 55.0 Å². The van der Waals surface area contributed by atoms with Crippen LogP contribution in [0.4, 0.5) is 19.0 Å². The zero-order valence-corrected chi connectivity index (χ0v) is 29.4. The third-order valence-electron chi connectivity index (χ3n) is 9.26. The monoisotopic (exact) mass is 738 g/mol. The Kier molecular flexibility index (Phi) is 10.4. The van der Waals surface area contributed by atoms with E-state index in [1.165, 1.54) is 13.4 Å². The normalized spacial score (nSPS) is 15.5. The highest BCUT2D eigenvalue weighted by Crippen LogP contribution is 2.34. The molecule has 2 aliphatic rings. The molecule has 1 amide bonds. The Morgan fingerprint density at radius 3 is 2.65 bits per heavy atom. The van der Waals surface area contributed by atoms with Crippen molar-refractivity contribution < 1.29 is 32.5 Å². The Hall–Kier alpha value is -6.14. The Balaban J connectivity index is 1.24. The quantitative estimate of drug-likeness (QED) is 0.169. The molecule has 5 aromatic rings. The molecule has 0 spiro atoms. The molecule has 0 aliphatic carbocycles. The maximum Gasteiger partial charge on any atom is 0.416 e. The number of nitrogens with two attached hydrogens (primary N) is 1. The van der Waals surface area contributed by atoms with Crippen LogP contribution in [-0.4, -0.2) is 80.1 Å². The van der Waals surface area contributed by atoms with Crippen LogP contribution in [0.1, 0.15) is 36.0 Å². The van der Waals surface area contributed by atoms with E-state index in [0.29, 0.717) is 89.6 Å². The van der Waals surface area contributed by atoms with Crippen molar-refractivity contribution in [3.8, 4) is 34.6 Å². The third-order valence-corrected chi connectivity index (χ3v) is 9.26. The molecule has 0 bridgehead atoms. The molecule has 0 saturated carbocycles. The number of halogens is 3. The summed E-state index contributed by atoms with van der Waals surface area (Å²) in [6, 6.07) is 15.7. The molecule has 1 saturated heterocycles. The van der Waals surface area contributed by atoms with Crippen LogP contribution in [0.2, 0.25) is 0 Å². The lowest BCUT2D eigenvalue weighted by molar-refractivity contribution is -0.138. The zero-order valence-electron chi connectivity index (χ0n) is 29.4. The molecule has 2 aliphatic heterocycles. The summed E-state index contributed by atoms with van der Waals surface area (Å²) < 4.78 is 54.1. The number of phenols is 1. The van der Waals surface area contributed by atoms with Gasteiger partial charge in [0.05, 0.1) is 43.2 Å². The summed E-state index contributed by atoms with van der Waals surface area (Å²) in [7, 11) is 1.33. The summed E-state index contributed by atoms with van der Waals surface area (Å²) in [5.74, 6) is 6.89. The largest absolute Gasteiger partial charge is 0.508 e. The standard InChI is InChI=1S/C39H37F3N8O4/c1-53-30-19-25(18-28(20-30)39(40,41)42)21-49-22-31-26(6-3-2-4-9-34(52)48-14-16-54-17-15-48)7-5-8-32(31)46-33(49)23-50-38-35(37(43)44-24-45-38)36(47-50)27-10-12-29(51)13-11-27/h5,7-8,10-13,18-20,22,24,33,51H,2,4,9,14-17,21,23H2,1H3,(H2,43,44,45). The van der Waals surface area contributed by atoms with E-state index in [1.54, 1.807) is 35.0 Å². The van der Waals surface area contributed by atoms with Gasteiger partial charge in [0.15, 0.2) is 5.65 Å². The number of nitrogens with zero attached hydrogens (tertiary/aromatic N) is 7. The van der Waals surface area contributed by atoms with Crippen molar-refractivity contribution in [3.63, 3.8) is 0 Å². The molecule has 278 valence electrons. The highest BCUT2D eigenvalue weighted by atomic mass is 19.4. The molecule has 3 aromatic carbocycles. The number of hydrogen-bond acceptors (Lipinski definition) is 10. The number of carbonyl (C=O) groups is 1. The van der Waals surface area contributed by atoms with Crippen LogP contribution in [0, 0.1) is 11.8 Å². The molecule has 0 radical (unpaired) electrons. The molecule has 15 heteroatoms. The predicted octanol–water partition coefficient (Wildman–Crippen LogP) is 4.09. The Morgan fingerprint density at radius 2 is 1.89 bits per heavy atom. The number of hydrogen-bond donors (Lipinski definition) is 2. The minimum Gasteiger partial charge on any atom is -0.508 e. The number of aromatic hydroxyl groups is 1. The number of alkyl halides is 3. The van der Waals surface area contributed by atoms with Crippen LogP contribution < -0.4 is 21.0 Å². The number of anilines is 1. The molecule has 4 heterocycles. The van der Waals surface area contributed by atoms with Gasteiger partial charge in [-0.25, -0.2) is 14.6 Å². The van der Waals surface area contributed by atoms with Crippen LogP contribution in [-0.2, 0) is 28.8 Å². The van der Waals surface area contributed by atoms with Gasteiger partial charge in [0.25, 0.3) is 0 Å². The van der Waals surface area contributed by atoms with Crippen molar-refractivity contribution in [2.24, 2.45) is 4.99 Å². The Labute approximate surface area is 308 Å². The van der Waals surface area contributed by atoms with Crippen LogP contribution in [0.25, 0.3) is 28.5 Å². The van der Waals surface area contributed by atoms with Crippen LogP contribution in [0.5, 0.6) is 11.5 Å². The van der Waals surface area contributed by atoms with Crippen molar-refractivity contribution in [2.75, 3.05) is 39.1 Å². The minimum atomic E-state index is -4.58. The van der Waals surface area contributed by atoms with Gasteiger partial charge in [-0.15, -0.1) is 0 Å². The lowest BCUT2D eigenvalue weighted by Crippen LogP contribution is -2.44. The second-order valence-corrected chi connectivity index (χ2v) is 12.9. The van der Waals surface area contributed by atoms with Crippen molar-refractivity contribution >= 4 is 29.0 Å². The molecule has 3 N–H and O–H groups in total. The number of rotatable bonds is 9. The van der Waals surface area contributed by atoms with E-state index in [1.807, 2.05) is 34.2 Å². The summed E-state index contributed by atoms with van der Waals surface area (Å²) in [5.41, 5.74) is 8.18. The van der Waals surface area contributed by atoms with Gasteiger partial charge >= 0.3 is 6.18 Å². The molecular formula is C39H37F3N8O4. The number of methoxy groups -OCH3 is 1. The van der Waals surface area contributed by atoms with E-state index in [0.717, 1.165) is 12.1 Å². The van der Waals surface area contributed by atoms with Gasteiger partial charge in [-0.2, -0.15) is 18.3 Å². The van der Waals surface area contributed by atoms with Gasteiger partial charge in [0.2, 0.25) is 5.91 Å². The SMILES string of the molecule is COc1cc(CN2C=c3c(C#CCCCC(=O)N4CCOCC4)cccc3=NC2Cn2nc(-c3ccc(O)cc3)c3c(N)ncnc32)cc(C(F)(F)F)c1. The number of phenolic OH excluding ortho intramolecular Hbond substituents is 1. The number of morpholine rings is 1. The number of amides is 1. The minimum absolute atomic E-state index is 0.0421. The van der Waals surface area contributed by atoms with Gasteiger partial charge in [0.1, 0.15) is 35.5 Å². The van der Waals surface area contributed by atoms with Crippen molar-refractivity contribution in [2.45, 2.75) is 44.7 Å². The zero-order chi connectivity index (χ0) is 37.8. The van der Waals surface area contributed by atoms with E-state index in [4.69, 9.17) is 25.3 Å². The first-order valence-electron chi connectivity index (χ1n) is 17.4. The average molecular weight is 739 g/mol. The molecule has 7 rings (SSSR count). The first kappa shape index (κ1) is 36.2. The van der Waals surface area contributed by atoms with E-state index in [2.05, 4.69) is 21.8 Å². The fraction of sp³-hybridized carbons (Fsp3) is 0.308. The van der Waals surface area contributed by atoms with Gasteiger partial charge in [-0.1, -0.05) is 17.9 Å². The molecular weight excluding hydrogens is 701 g/mol. The summed E-state index contributed by atoms with van der Waals surface area (Å²) in [4.78, 5) is 30.0. The summed E-state index contributed by atoms with van der Waals surface area (Å²) >= 11 is 0. The van der Waals surface area contributed by atoms with Crippen molar-refractivity contribution in [1.29, 1.82) is 0 Å². The maximum atomic E-state index is 14.0. The molecule has 1 fully saturated rings. The molecule has 1 atom stereocenters. The number of unbranched alkanes of at least 4 members (excludes halogenated alkanes) is 1. The smallest absolute Gasteiger partial charge is 0.416 e. The second kappa shape index (κ2) is 15.5. The number of carbonyl (C=O) groups excluding carboxylic acids is 1. The predicted molar refractivity (Wildman–Crippen MR) is 194 cm³/mol. The average Bonchev–Trinajstić information content (AvgIpc) is 3.54. The van der Waals surface area contributed by atoms with E-state index < -0.39 is 17.9 Å². The Morgan fingerprint density at radius 1 is 1.09 bits per heavy atom. The second-order valence-electron chi connectivity index (χ2n) is 12.9. The highest BCUT2D eigenvalue weighted by molar-refractivity contribution is 5.98. The Bertz CT molecular complexity index is 2360. The van der Waals surface area contributed by atoms with Crippen molar-refractivity contribution in [3.05, 3.63) is 94.3 Å². The van der Waals surface area contributed by atoms with Gasteiger partial charge < -0.3 is 30.1 Å². The summed E-state index contributed by atoms with van der Waals surface area (Å²) in [5, 5.41) is 16.6. The van der Waals surface area contributed by atoms with E-state index >= 15 is 0 Å². The molecule has 2 aromatic heterocycles. The lowest BCUT2D eigenvalue weighted by atomic mass is 10.1. The summed E-state index contributed by atoms with van der Waals surface area (Å²) in [6.45, 7) is 2.48. The van der Waals surface area contributed by atoms with Crippen molar-refractivity contribution in [1.82, 2.24) is 29.5 Å². The lowest BCUT2D eigenvalue weighted by Gasteiger charge is -2.30. The maximum absolute atomic E-state index is 14.0. The summed E-state index contributed by atoms with van der Waals surface area (Å²) in [6.07, 6.45) is -0.526. The van der Waals surface area contributed by atoms with Crippen LogP contribution in [0.3, 0.4) is 0 Å². The highest BCUT2D eigenvalue weighted by Gasteiger charge is 2.32. The first-order valence-corrected chi connectivity index (χ1v) is 17.4. The molecule has 1 unspecified atom stereocenters. The first-order chi connectivity index (χ1) is 26.1. The van der Waals surface area contributed by atoms with Crippen LogP contribution >= 0.6 is 0 Å².